The molecule has 2 aromatic rings. The highest BCUT2D eigenvalue weighted by atomic mass is 19.1. The molecule has 0 radical (unpaired) electrons. The van der Waals surface area contributed by atoms with Crippen molar-refractivity contribution in [3.8, 4) is 0 Å². The van der Waals surface area contributed by atoms with Gasteiger partial charge in [0.05, 0.1) is 17.2 Å². The van der Waals surface area contributed by atoms with E-state index in [1.54, 1.807) is 6.33 Å². The molecular formula is C29H34FN3O4. The highest BCUT2D eigenvalue weighted by Gasteiger charge is 2.79. The van der Waals surface area contributed by atoms with Crippen LogP contribution in [-0.4, -0.2) is 85.5 Å². The molecule has 0 amide bonds. The summed E-state index contributed by atoms with van der Waals surface area (Å²) in [7, 11) is 3.63. The number of rotatable bonds is 2. The number of aromatic nitrogens is 2. The summed E-state index contributed by atoms with van der Waals surface area (Å²) in [5.41, 5.74) is -1.11. The van der Waals surface area contributed by atoms with Gasteiger partial charge in [-0.15, -0.1) is 0 Å². The predicted molar refractivity (Wildman–Crippen MR) is 136 cm³/mol. The molecular weight excluding hydrogens is 473 g/mol. The number of nitrogens with zero attached hydrogens (tertiary/aromatic N) is 3. The van der Waals surface area contributed by atoms with Crippen molar-refractivity contribution in [1.29, 1.82) is 0 Å². The first-order valence-corrected chi connectivity index (χ1v) is 13.3. The van der Waals surface area contributed by atoms with Gasteiger partial charge in [-0.1, -0.05) is 25.1 Å². The molecule has 8 heteroatoms. The number of aliphatic hydroxyl groups excluding tert-OH is 3. The maximum atomic E-state index is 17.0. The average molecular weight is 508 g/mol. The zero-order chi connectivity index (χ0) is 26.0. The van der Waals surface area contributed by atoms with Gasteiger partial charge in [0.25, 0.3) is 0 Å². The Morgan fingerprint density at radius 1 is 1.14 bits per heavy atom. The first kappa shape index (κ1) is 23.9. The van der Waals surface area contributed by atoms with Crippen molar-refractivity contribution in [2.45, 2.75) is 80.3 Å². The Bertz CT molecular complexity index is 1360. The van der Waals surface area contributed by atoms with Crippen LogP contribution >= 0.6 is 0 Å². The van der Waals surface area contributed by atoms with Gasteiger partial charge in [-0.2, -0.15) is 0 Å². The maximum Gasteiger partial charge on any atom is 0.197 e. The molecule has 196 valence electrons. The number of aliphatic hydroxyl groups is 3. The summed E-state index contributed by atoms with van der Waals surface area (Å²) in [6, 6.07) is 5.78. The molecule has 3 N–H and O–H groups in total. The van der Waals surface area contributed by atoms with Gasteiger partial charge in [0.1, 0.15) is 24.1 Å². The summed E-state index contributed by atoms with van der Waals surface area (Å²) in [5.74, 6) is 0.0260. The predicted octanol–water partition coefficient (Wildman–Crippen LogP) is 2.80. The fourth-order valence-corrected chi connectivity index (χ4v) is 8.68. The lowest BCUT2D eigenvalue weighted by atomic mass is 9.55. The van der Waals surface area contributed by atoms with Gasteiger partial charge in [0.15, 0.2) is 5.67 Å². The standard InChI is InChI=1S/C29H34FN3O4/c1-26-9-8-19-24(35)29(30)25(36)23(34)21(33(2)3)13-27(29)10-11-28(19,37-27)22(26)7-5-18(26)16-4-6-20-17(12-16)14-31-15-32-20/h4-6,8,12,14-15,21-25,34-36H,7,9-11,13H2,1-3H3. The minimum absolute atomic E-state index is 0.0260. The van der Waals surface area contributed by atoms with Gasteiger partial charge in [0.2, 0.25) is 0 Å². The lowest BCUT2D eigenvalue weighted by Crippen LogP contribution is -2.78. The third-order valence-corrected chi connectivity index (χ3v) is 10.6. The Hall–Kier alpha value is -2.23. The fraction of sp³-hybridized carbons (Fsp3) is 0.586. The van der Waals surface area contributed by atoms with E-state index in [1.807, 2.05) is 37.3 Å². The van der Waals surface area contributed by atoms with Crippen molar-refractivity contribution in [3.05, 3.63) is 54.0 Å². The summed E-state index contributed by atoms with van der Waals surface area (Å²) in [4.78, 5) is 10.3. The molecule has 5 aliphatic rings. The summed E-state index contributed by atoms with van der Waals surface area (Å²) in [6.45, 7) is 2.25. The van der Waals surface area contributed by atoms with Crippen molar-refractivity contribution in [1.82, 2.24) is 14.9 Å². The van der Waals surface area contributed by atoms with E-state index in [-0.39, 0.29) is 17.8 Å². The Morgan fingerprint density at radius 2 is 1.95 bits per heavy atom. The second-order valence-electron chi connectivity index (χ2n) is 12.3. The zero-order valence-corrected chi connectivity index (χ0v) is 21.4. The summed E-state index contributed by atoms with van der Waals surface area (Å²) < 4.78 is 23.9. The number of ether oxygens (including phenoxy) is 1. The Balaban J connectivity index is 1.32. The van der Waals surface area contributed by atoms with Crippen LogP contribution in [0.3, 0.4) is 0 Å². The van der Waals surface area contributed by atoms with Crippen LogP contribution in [0.25, 0.3) is 16.5 Å². The van der Waals surface area contributed by atoms with E-state index >= 15 is 4.39 Å². The molecule has 7 nitrogen and oxygen atoms in total. The largest absolute Gasteiger partial charge is 0.389 e. The van der Waals surface area contributed by atoms with E-state index in [4.69, 9.17) is 4.74 Å². The van der Waals surface area contributed by atoms with Gasteiger partial charge < -0.3 is 25.0 Å². The van der Waals surface area contributed by atoms with Crippen LogP contribution in [0.5, 0.6) is 0 Å². The first-order chi connectivity index (χ1) is 17.6. The SMILES string of the molecule is CN(C)C1CC23CCC4(O2)C(=CCC2(C)C(c5ccc6ncncc6c5)=CCC24)C(O)C3(F)C(O)C1O. The second-order valence-corrected chi connectivity index (χ2v) is 12.3. The molecule has 3 heterocycles. The molecule has 2 bridgehead atoms. The minimum atomic E-state index is -2.47. The first-order valence-electron chi connectivity index (χ1n) is 13.3. The highest BCUT2D eigenvalue weighted by molar-refractivity contribution is 5.84. The van der Waals surface area contributed by atoms with E-state index in [9.17, 15) is 15.3 Å². The van der Waals surface area contributed by atoms with Crippen LogP contribution in [0.4, 0.5) is 4.39 Å². The number of fused-ring (bicyclic) bond motifs is 2. The average Bonchev–Trinajstić information content (AvgIpc) is 3.42. The maximum absolute atomic E-state index is 17.0. The quantitative estimate of drug-likeness (QED) is 0.538. The van der Waals surface area contributed by atoms with Crippen LogP contribution in [0.2, 0.25) is 0 Å². The Morgan fingerprint density at radius 3 is 2.73 bits per heavy atom. The number of alkyl halides is 1. The Kier molecular flexibility index (Phi) is 4.80. The van der Waals surface area contributed by atoms with E-state index in [0.29, 0.717) is 24.8 Å². The van der Waals surface area contributed by atoms with E-state index in [1.165, 1.54) is 5.57 Å². The number of likely N-dealkylation sites (N-methyl/N-ethyl adjacent to an activating group) is 1. The molecule has 9 unspecified atom stereocenters. The molecule has 7 rings (SSSR count). The lowest BCUT2D eigenvalue weighted by Gasteiger charge is -2.62. The molecule has 2 spiro atoms. The van der Waals surface area contributed by atoms with E-state index < -0.39 is 41.2 Å². The minimum Gasteiger partial charge on any atom is -0.389 e. The Labute approximate surface area is 215 Å². The van der Waals surface area contributed by atoms with Gasteiger partial charge in [-0.05, 0) is 75.0 Å². The van der Waals surface area contributed by atoms with Crippen molar-refractivity contribution in [2.75, 3.05) is 14.1 Å². The van der Waals surface area contributed by atoms with Crippen LogP contribution in [0, 0.1) is 11.3 Å². The van der Waals surface area contributed by atoms with Gasteiger partial charge in [-0.25, -0.2) is 14.4 Å². The van der Waals surface area contributed by atoms with Crippen LogP contribution in [0.1, 0.15) is 44.6 Å². The number of benzene rings is 1. The molecule has 1 saturated carbocycles. The monoisotopic (exact) mass is 507 g/mol. The number of halogens is 1. The van der Waals surface area contributed by atoms with Crippen molar-refractivity contribution in [2.24, 2.45) is 11.3 Å². The topological polar surface area (TPSA) is 98.9 Å². The molecule has 9 atom stereocenters. The third-order valence-electron chi connectivity index (χ3n) is 10.6. The van der Waals surface area contributed by atoms with Gasteiger partial charge in [-0.3, -0.25) is 0 Å². The van der Waals surface area contributed by atoms with E-state index in [0.717, 1.165) is 22.9 Å². The molecule has 37 heavy (non-hydrogen) atoms. The third kappa shape index (κ3) is 2.73. The summed E-state index contributed by atoms with van der Waals surface area (Å²) >= 11 is 0. The molecule has 3 fully saturated rings. The molecule has 1 aromatic heterocycles. The highest BCUT2D eigenvalue weighted by Crippen LogP contribution is 2.70. The number of hydrogen-bond donors (Lipinski definition) is 3. The molecule has 1 aromatic carbocycles. The molecule has 3 aliphatic carbocycles. The summed E-state index contributed by atoms with van der Waals surface area (Å²) in [5, 5.41) is 34.5. The van der Waals surface area contributed by atoms with Gasteiger partial charge in [0, 0.05) is 29.0 Å². The van der Waals surface area contributed by atoms with Crippen molar-refractivity contribution >= 4 is 16.5 Å². The van der Waals surface area contributed by atoms with Crippen LogP contribution in [-0.2, 0) is 4.74 Å². The second kappa shape index (κ2) is 7.45. The van der Waals surface area contributed by atoms with Crippen LogP contribution < -0.4 is 0 Å². The van der Waals surface area contributed by atoms with Crippen LogP contribution in [0.15, 0.2) is 48.4 Å². The lowest BCUT2D eigenvalue weighted by molar-refractivity contribution is -0.308. The summed E-state index contributed by atoms with van der Waals surface area (Å²) in [6.07, 6.45) is 5.61. The van der Waals surface area contributed by atoms with Gasteiger partial charge >= 0.3 is 0 Å². The van der Waals surface area contributed by atoms with Crippen molar-refractivity contribution < 1.29 is 24.4 Å². The normalized spacial score (nSPS) is 46.3. The molecule has 2 saturated heterocycles. The van der Waals surface area contributed by atoms with E-state index in [2.05, 4.69) is 35.1 Å². The fourth-order valence-electron chi connectivity index (χ4n) is 8.68. The van der Waals surface area contributed by atoms with Crippen molar-refractivity contribution in [3.63, 3.8) is 0 Å². The smallest absolute Gasteiger partial charge is 0.197 e. The number of hydrogen-bond acceptors (Lipinski definition) is 7. The molecule has 2 aliphatic heterocycles. The zero-order valence-electron chi connectivity index (χ0n) is 21.4. The number of allylic oxidation sites excluding steroid dienone is 3.